The van der Waals surface area contributed by atoms with Gasteiger partial charge in [-0.05, 0) is 33.2 Å². The molecule has 0 spiro atoms. The van der Waals surface area contributed by atoms with Gasteiger partial charge in [-0.2, -0.15) is 0 Å². The SMILES string of the molecule is CC(C)N1CCC[C@@H](c2nccnc2Cl)C1. The fourth-order valence-corrected chi connectivity index (χ4v) is 2.56. The van der Waals surface area contributed by atoms with Crippen LogP contribution >= 0.6 is 11.6 Å². The zero-order chi connectivity index (χ0) is 11.5. The molecule has 88 valence electrons. The number of piperidine rings is 1. The van der Waals surface area contributed by atoms with Crippen LogP contribution in [0.25, 0.3) is 0 Å². The monoisotopic (exact) mass is 239 g/mol. The normalized spacial score (nSPS) is 22.6. The summed E-state index contributed by atoms with van der Waals surface area (Å²) in [6.45, 7) is 6.71. The highest BCUT2D eigenvalue weighted by Crippen LogP contribution is 2.29. The van der Waals surface area contributed by atoms with Crippen LogP contribution in [-0.4, -0.2) is 34.0 Å². The second-order valence-corrected chi connectivity index (χ2v) is 5.02. The maximum absolute atomic E-state index is 6.09. The van der Waals surface area contributed by atoms with Gasteiger partial charge in [0.2, 0.25) is 0 Å². The van der Waals surface area contributed by atoms with E-state index in [9.17, 15) is 0 Å². The summed E-state index contributed by atoms with van der Waals surface area (Å²) < 4.78 is 0. The first-order chi connectivity index (χ1) is 7.68. The second kappa shape index (κ2) is 5.11. The van der Waals surface area contributed by atoms with Gasteiger partial charge in [-0.25, -0.2) is 4.98 Å². The molecule has 0 amide bonds. The molecule has 1 atom stereocenters. The Hall–Kier alpha value is -0.670. The molecule has 1 aromatic rings. The lowest BCUT2D eigenvalue weighted by Gasteiger charge is -2.35. The molecular formula is C12H18ClN3. The first kappa shape index (κ1) is 11.8. The summed E-state index contributed by atoms with van der Waals surface area (Å²) >= 11 is 6.09. The summed E-state index contributed by atoms with van der Waals surface area (Å²) in [6.07, 6.45) is 5.77. The highest BCUT2D eigenvalue weighted by molar-refractivity contribution is 6.30. The maximum atomic E-state index is 6.09. The van der Waals surface area contributed by atoms with Crippen molar-refractivity contribution in [3.8, 4) is 0 Å². The zero-order valence-corrected chi connectivity index (χ0v) is 10.6. The van der Waals surface area contributed by atoms with Crippen molar-refractivity contribution in [2.75, 3.05) is 13.1 Å². The fourth-order valence-electron chi connectivity index (χ4n) is 2.30. The molecule has 0 bridgehead atoms. The standard InChI is InChI=1S/C12H18ClN3/c1-9(2)16-7-3-4-10(8-16)11-12(13)15-6-5-14-11/h5-6,9-10H,3-4,7-8H2,1-2H3/t10-/m1/s1. The van der Waals surface area contributed by atoms with Crippen LogP contribution in [0.3, 0.4) is 0 Å². The Balaban J connectivity index is 2.13. The van der Waals surface area contributed by atoms with Gasteiger partial charge < -0.3 is 4.90 Å². The van der Waals surface area contributed by atoms with E-state index in [4.69, 9.17) is 11.6 Å². The number of hydrogen-bond acceptors (Lipinski definition) is 3. The average Bonchev–Trinajstić information content (AvgIpc) is 2.30. The average molecular weight is 240 g/mol. The lowest BCUT2D eigenvalue weighted by Crippen LogP contribution is -2.39. The van der Waals surface area contributed by atoms with Crippen molar-refractivity contribution < 1.29 is 0 Å². The summed E-state index contributed by atoms with van der Waals surface area (Å²) in [4.78, 5) is 11.0. The van der Waals surface area contributed by atoms with Crippen LogP contribution in [0.5, 0.6) is 0 Å². The van der Waals surface area contributed by atoms with Crippen molar-refractivity contribution in [3.05, 3.63) is 23.2 Å². The molecule has 2 heterocycles. The van der Waals surface area contributed by atoms with Gasteiger partial charge in [0.05, 0.1) is 5.69 Å². The number of halogens is 1. The molecule has 16 heavy (non-hydrogen) atoms. The summed E-state index contributed by atoms with van der Waals surface area (Å²) in [5.41, 5.74) is 0.967. The van der Waals surface area contributed by atoms with Crippen LogP contribution in [0.1, 0.15) is 38.3 Å². The van der Waals surface area contributed by atoms with Crippen molar-refractivity contribution in [1.82, 2.24) is 14.9 Å². The first-order valence-electron chi connectivity index (χ1n) is 5.89. The van der Waals surface area contributed by atoms with E-state index >= 15 is 0 Å². The van der Waals surface area contributed by atoms with Gasteiger partial charge in [0, 0.05) is 30.9 Å². The largest absolute Gasteiger partial charge is 0.300 e. The van der Waals surface area contributed by atoms with E-state index in [1.807, 2.05) is 0 Å². The van der Waals surface area contributed by atoms with Crippen molar-refractivity contribution in [1.29, 1.82) is 0 Å². The van der Waals surface area contributed by atoms with E-state index in [2.05, 4.69) is 28.7 Å². The summed E-state index contributed by atoms with van der Waals surface area (Å²) in [6, 6.07) is 0.596. The lowest BCUT2D eigenvalue weighted by atomic mass is 9.94. The van der Waals surface area contributed by atoms with Crippen LogP contribution in [0.4, 0.5) is 0 Å². The molecule has 1 aromatic heterocycles. The molecule has 4 heteroatoms. The Labute approximate surface area is 102 Å². The third-order valence-corrected chi connectivity index (χ3v) is 3.54. The predicted molar refractivity (Wildman–Crippen MR) is 65.7 cm³/mol. The molecule has 2 rings (SSSR count). The van der Waals surface area contributed by atoms with Crippen molar-refractivity contribution in [3.63, 3.8) is 0 Å². The van der Waals surface area contributed by atoms with Crippen LogP contribution in [0.2, 0.25) is 5.15 Å². The van der Waals surface area contributed by atoms with Gasteiger partial charge in [0.1, 0.15) is 0 Å². The fraction of sp³-hybridized carbons (Fsp3) is 0.667. The van der Waals surface area contributed by atoms with Crippen LogP contribution < -0.4 is 0 Å². The van der Waals surface area contributed by atoms with E-state index in [-0.39, 0.29) is 0 Å². The first-order valence-corrected chi connectivity index (χ1v) is 6.26. The molecule has 3 nitrogen and oxygen atoms in total. The molecule has 0 aliphatic carbocycles. The second-order valence-electron chi connectivity index (χ2n) is 4.66. The Bertz CT molecular complexity index is 354. The summed E-state index contributed by atoms with van der Waals surface area (Å²) in [5.74, 6) is 0.442. The highest BCUT2D eigenvalue weighted by atomic mass is 35.5. The Morgan fingerprint density at radius 3 is 2.81 bits per heavy atom. The van der Waals surface area contributed by atoms with Gasteiger partial charge in [-0.1, -0.05) is 11.6 Å². The molecular weight excluding hydrogens is 222 g/mol. The van der Waals surface area contributed by atoms with Crippen LogP contribution in [0, 0.1) is 0 Å². The van der Waals surface area contributed by atoms with Gasteiger partial charge in [0.25, 0.3) is 0 Å². The number of rotatable bonds is 2. The third kappa shape index (κ3) is 2.53. The maximum Gasteiger partial charge on any atom is 0.150 e. The van der Waals surface area contributed by atoms with Gasteiger partial charge >= 0.3 is 0 Å². The van der Waals surface area contributed by atoms with Crippen LogP contribution in [-0.2, 0) is 0 Å². The molecule has 1 saturated heterocycles. The minimum absolute atomic E-state index is 0.442. The van der Waals surface area contributed by atoms with E-state index in [1.165, 1.54) is 19.4 Å². The van der Waals surface area contributed by atoms with Crippen molar-refractivity contribution in [2.45, 2.75) is 38.6 Å². The minimum Gasteiger partial charge on any atom is -0.300 e. The van der Waals surface area contributed by atoms with Crippen molar-refractivity contribution in [2.24, 2.45) is 0 Å². The highest BCUT2D eigenvalue weighted by Gasteiger charge is 2.25. The van der Waals surface area contributed by atoms with Crippen LogP contribution in [0.15, 0.2) is 12.4 Å². The Kier molecular flexibility index (Phi) is 3.77. The number of aromatic nitrogens is 2. The molecule has 0 N–H and O–H groups in total. The van der Waals surface area contributed by atoms with E-state index in [1.54, 1.807) is 12.4 Å². The van der Waals surface area contributed by atoms with E-state index in [0.29, 0.717) is 17.1 Å². The van der Waals surface area contributed by atoms with Crippen molar-refractivity contribution >= 4 is 11.6 Å². The molecule has 1 fully saturated rings. The molecule has 1 aliphatic heterocycles. The summed E-state index contributed by atoms with van der Waals surface area (Å²) in [5, 5.41) is 0.568. The Morgan fingerprint density at radius 1 is 1.38 bits per heavy atom. The number of nitrogens with zero attached hydrogens (tertiary/aromatic N) is 3. The van der Waals surface area contributed by atoms with E-state index < -0.39 is 0 Å². The number of likely N-dealkylation sites (tertiary alicyclic amines) is 1. The van der Waals surface area contributed by atoms with E-state index in [0.717, 1.165) is 12.2 Å². The molecule has 1 aliphatic rings. The van der Waals surface area contributed by atoms with Gasteiger partial charge in [-0.15, -0.1) is 0 Å². The van der Waals surface area contributed by atoms with Gasteiger partial charge in [0.15, 0.2) is 5.15 Å². The molecule has 0 unspecified atom stereocenters. The molecule has 0 radical (unpaired) electrons. The topological polar surface area (TPSA) is 29.0 Å². The Morgan fingerprint density at radius 2 is 2.12 bits per heavy atom. The quantitative estimate of drug-likeness (QED) is 0.795. The zero-order valence-electron chi connectivity index (χ0n) is 9.86. The molecule has 0 aromatic carbocycles. The third-order valence-electron chi connectivity index (χ3n) is 3.25. The summed E-state index contributed by atoms with van der Waals surface area (Å²) in [7, 11) is 0. The van der Waals surface area contributed by atoms with Gasteiger partial charge in [-0.3, -0.25) is 4.98 Å². The lowest BCUT2D eigenvalue weighted by molar-refractivity contribution is 0.166. The minimum atomic E-state index is 0.442. The smallest absolute Gasteiger partial charge is 0.150 e. The molecule has 0 saturated carbocycles. The predicted octanol–water partition coefficient (Wildman–Crippen LogP) is 2.72. The number of hydrogen-bond donors (Lipinski definition) is 0.